The number of rotatable bonds is 4. The predicted octanol–water partition coefficient (Wildman–Crippen LogP) is 1.99. The zero-order valence-corrected chi connectivity index (χ0v) is 11.5. The molecule has 0 unspecified atom stereocenters. The predicted molar refractivity (Wildman–Crippen MR) is 78.0 cm³/mol. The molecule has 4 nitrogen and oxygen atoms in total. The van der Waals surface area contributed by atoms with Crippen LogP contribution >= 0.6 is 0 Å². The molecular weight excluding hydrogens is 236 g/mol. The summed E-state index contributed by atoms with van der Waals surface area (Å²) >= 11 is 0. The van der Waals surface area contributed by atoms with Gasteiger partial charge in [0.05, 0.1) is 0 Å². The number of nitrogens with one attached hydrogen (secondary N) is 2. The van der Waals surface area contributed by atoms with Crippen LogP contribution in [0.2, 0.25) is 0 Å². The lowest BCUT2D eigenvalue weighted by molar-refractivity contribution is 0.235. The lowest BCUT2D eigenvalue weighted by Crippen LogP contribution is -2.34. The normalized spacial score (nSPS) is 17.4. The van der Waals surface area contributed by atoms with Gasteiger partial charge in [0.15, 0.2) is 0 Å². The van der Waals surface area contributed by atoms with Crippen LogP contribution in [0.4, 0.5) is 0 Å². The van der Waals surface area contributed by atoms with Crippen LogP contribution < -0.4 is 5.32 Å². The van der Waals surface area contributed by atoms with Gasteiger partial charge in [0.25, 0.3) is 0 Å². The molecule has 1 aliphatic heterocycles. The Morgan fingerprint density at radius 2 is 2.21 bits per heavy atom. The van der Waals surface area contributed by atoms with E-state index in [1.165, 1.54) is 43.4 Å². The van der Waals surface area contributed by atoms with E-state index < -0.39 is 0 Å². The van der Waals surface area contributed by atoms with Crippen molar-refractivity contribution in [1.29, 1.82) is 0 Å². The van der Waals surface area contributed by atoms with Gasteiger partial charge in [-0.05, 0) is 56.6 Å². The van der Waals surface area contributed by atoms with E-state index in [1.807, 2.05) is 12.3 Å². The molecule has 3 rings (SSSR count). The minimum atomic E-state index is 0.842. The molecule has 0 atom stereocenters. The zero-order chi connectivity index (χ0) is 13.1. The Morgan fingerprint density at radius 3 is 3.05 bits per heavy atom. The maximum absolute atomic E-state index is 4.34. The monoisotopic (exact) mass is 258 g/mol. The van der Waals surface area contributed by atoms with E-state index in [0.717, 1.165) is 18.1 Å². The Morgan fingerprint density at radius 1 is 1.37 bits per heavy atom. The van der Waals surface area contributed by atoms with Crippen LogP contribution in [-0.2, 0) is 6.54 Å². The summed E-state index contributed by atoms with van der Waals surface area (Å²) in [4.78, 5) is 10.0. The first-order valence-electron chi connectivity index (χ1n) is 7.13. The van der Waals surface area contributed by atoms with E-state index in [-0.39, 0.29) is 0 Å². The Labute approximate surface area is 114 Å². The second-order valence-electron chi connectivity index (χ2n) is 5.60. The third kappa shape index (κ3) is 2.96. The van der Waals surface area contributed by atoms with E-state index in [2.05, 4.69) is 39.5 Å². The molecule has 2 aromatic rings. The molecule has 1 fully saturated rings. The molecule has 19 heavy (non-hydrogen) atoms. The Bertz CT molecular complexity index is 528. The van der Waals surface area contributed by atoms with E-state index in [4.69, 9.17) is 0 Å². The zero-order valence-electron chi connectivity index (χ0n) is 11.5. The number of fused-ring (bicyclic) bond motifs is 1. The molecule has 4 heteroatoms. The number of H-pyrrole nitrogens is 1. The number of aromatic amines is 1. The summed E-state index contributed by atoms with van der Waals surface area (Å²) in [7, 11) is 2.22. The second-order valence-corrected chi connectivity index (χ2v) is 5.60. The van der Waals surface area contributed by atoms with Gasteiger partial charge in [-0.25, -0.2) is 4.98 Å². The van der Waals surface area contributed by atoms with Crippen LogP contribution in [-0.4, -0.2) is 41.5 Å². The number of pyridine rings is 1. The van der Waals surface area contributed by atoms with Gasteiger partial charge in [-0.1, -0.05) is 0 Å². The van der Waals surface area contributed by atoms with E-state index in [0.29, 0.717) is 0 Å². The Kier molecular flexibility index (Phi) is 3.80. The number of piperidine rings is 1. The van der Waals surface area contributed by atoms with Gasteiger partial charge in [0.2, 0.25) is 0 Å². The summed E-state index contributed by atoms with van der Waals surface area (Å²) in [5, 5.41) is 4.68. The maximum Gasteiger partial charge on any atom is 0.137 e. The van der Waals surface area contributed by atoms with Gasteiger partial charge in [-0.2, -0.15) is 0 Å². The molecule has 1 saturated heterocycles. The van der Waals surface area contributed by atoms with Crippen LogP contribution in [0.5, 0.6) is 0 Å². The van der Waals surface area contributed by atoms with Gasteiger partial charge in [0.1, 0.15) is 5.65 Å². The molecule has 0 aromatic carbocycles. The largest absolute Gasteiger partial charge is 0.346 e. The highest BCUT2D eigenvalue weighted by atomic mass is 15.1. The molecule has 102 valence electrons. The molecule has 0 amide bonds. The fourth-order valence-electron chi connectivity index (χ4n) is 3.00. The van der Waals surface area contributed by atoms with Gasteiger partial charge in [-0.15, -0.1) is 0 Å². The molecular formula is C15H22N4. The van der Waals surface area contributed by atoms with E-state index in [9.17, 15) is 0 Å². The van der Waals surface area contributed by atoms with Crippen molar-refractivity contribution in [2.45, 2.75) is 19.4 Å². The van der Waals surface area contributed by atoms with Crippen molar-refractivity contribution in [3.05, 3.63) is 30.1 Å². The van der Waals surface area contributed by atoms with Crippen molar-refractivity contribution in [2.75, 3.05) is 26.7 Å². The van der Waals surface area contributed by atoms with Crippen LogP contribution in [0, 0.1) is 5.92 Å². The topological polar surface area (TPSA) is 44.0 Å². The van der Waals surface area contributed by atoms with Crippen molar-refractivity contribution in [1.82, 2.24) is 20.2 Å². The average molecular weight is 258 g/mol. The summed E-state index contributed by atoms with van der Waals surface area (Å²) in [6.45, 7) is 4.54. The highest BCUT2D eigenvalue weighted by Gasteiger charge is 2.15. The van der Waals surface area contributed by atoms with Crippen LogP contribution in [0.3, 0.4) is 0 Å². The standard InChI is InChI=1S/C15H22N4/c1-19(10-12-4-7-16-8-5-12)11-13-9-18-15-14(13)3-2-6-17-15/h2-3,6,9,12,16H,4-5,7-8,10-11H2,1H3,(H,17,18). The quantitative estimate of drug-likeness (QED) is 0.881. The third-order valence-electron chi connectivity index (χ3n) is 4.01. The number of nitrogens with zero attached hydrogens (tertiary/aromatic N) is 2. The fraction of sp³-hybridized carbons (Fsp3) is 0.533. The molecule has 0 spiro atoms. The number of aromatic nitrogens is 2. The van der Waals surface area contributed by atoms with Crippen molar-refractivity contribution < 1.29 is 0 Å². The second kappa shape index (κ2) is 5.72. The molecule has 3 heterocycles. The van der Waals surface area contributed by atoms with Crippen molar-refractivity contribution in [3.63, 3.8) is 0 Å². The Hall–Kier alpha value is -1.39. The lowest BCUT2D eigenvalue weighted by Gasteiger charge is -2.27. The van der Waals surface area contributed by atoms with Crippen LogP contribution in [0.25, 0.3) is 11.0 Å². The maximum atomic E-state index is 4.34. The summed E-state index contributed by atoms with van der Waals surface area (Å²) in [5.41, 5.74) is 2.34. The van der Waals surface area contributed by atoms with Gasteiger partial charge >= 0.3 is 0 Å². The summed E-state index contributed by atoms with van der Waals surface area (Å²) in [6, 6.07) is 4.15. The van der Waals surface area contributed by atoms with E-state index >= 15 is 0 Å². The third-order valence-corrected chi connectivity index (χ3v) is 4.01. The first-order chi connectivity index (χ1) is 9.33. The first-order valence-corrected chi connectivity index (χ1v) is 7.13. The van der Waals surface area contributed by atoms with Gasteiger partial charge in [0, 0.05) is 30.9 Å². The smallest absolute Gasteiger partial charge is 0.137 e. The van der Waals surface area contributed by atoms with E-state index in [1.54, 1.807) is 0 Å². The average Bonchev–Trinajstić information content (AvgIpc) is 2.83. The number of hydrogen-bond acceptors (Lipinski definition) is 3. The fourth-order valence-corrected chi connectivity index (χ4v) is 3.00. The van der Waals surface area contributed by atoms with Crippen molar-refractivity contribution in [2.24, 2.45) is 5.92 Å². The van der Waals surface area contributed by atoms with Crippen LogP contribution in [0.15, 0.2) is 24.5 Å². The minimum absolute atomic E-state index is 0.842. The number of hydrogen-bond donors (Lipinski definition) is 2. The highest BCUT2D eigenvalue weighted by molar-refractivity contribution is 5.79. The Balaban J connectivity index is 1.63. The molecule has 2 aromatic heterocycles. The molecule has 0 saturated carbocycles. The summed E-state index contributed by atoms with van der Waals surface area (Å²) in [5.74, 6) is 0.842. The summed E-state index contributed by atoms with van der Waals surface area (Å²) in [6.07, 6.45) is 6.54. The molecule has 1 aliphatic rings. The molecule has 2 N–H and O–H groups in total. The first kappa shape index (κ1) is 12.6. The summed E-state index contributed by atoms with van der Waals surface area (Å²) < 4.78 is 0. The SMILES string of the molecule is CN(Cc1c[nH]c2ncccc12)CC1CCNCC1. The molecule has 0 bridgehead atoms. The molecule has 0 radical (unpaired) electrons. The van der Waals surface area contributed by atoms with Crippen LogP contribution in [0.1, 0.15) is 18.4 Å². The lowest BCUT2D eigenvalue weighted by atomic mass is 9.97. The van der Waals surface area contributed by atoms with Gasteiger partial charge < -0.3 is 15.2 Å². The molecule has 0 aliphatic carbocycles. The highest BCUT2D eigenvalue weighted by Crippen LogP contribution is 2.19. The minimum Gasteiger partial charge on any atom is -0.346 e. The van der Waals surface area contributed by atoms with Gasteiger partial charge in [-0.3, -0.25) is 0 Å². The van der Waals surface area contributed by atoms with Crippen molar-refractivity contribution in [3.8, 4) is 0 Å². The van der Waals surface area contributed by atoms with Crippen molar-refractivity contribution >= 4 is 11.0 Å².